The first-order valence-electron chi connectivity index (χ1n) is 8.50. The number of amides is 1. The van der Waals surface area contributed by atoms with Gasteiger partial charge in [-0.3, -0.25) is 9.69 Å². The molecule has 0 saturated carbocycles. The van der Waals surface area contributed by atoms with Crippen LogP contribution in [0.3, 0.4) is 0 Å². The number of hydrogen-bond acceptors (Lipinski definition) is 4. The van der Waals surface area contributed by atoms with E-state index in [1.165, 1.54) is 25.9 Å². The van der Waals surface area contributed by atoms with Gasteiger partial charge in [0.2, 0.25) is 5.91 Å². The third-order valence-corrected chi connectivity index (χ3v) is 5.37. The fourth-order valence-corrected chi connectivity index (χ4v) is 3.38. The normalized spacial score (nSPS) is 25.8. The van der Waals surface area contributed by atoms with Gasteiger partial charge >= 0.3 is 0 Å². The number of likely N-dealkylation sites (tertiary alicyclic amines) is 1. The SMILES string of the molecule is CC[C@@H](C)[C@H](N)C(=O)N1CCN(C2CCN(C)CC2)CC1. The molecule has 2 aliphatic heterocycles. The van der Waals surface area contributed by atoms with E-state index in [2.05, 4.69) is 30.7 Å². The molecule has 0 spiro atoms. The number of nitrogens with two attached hydrogens (primary N) is 1. The fourth-order valence-electron chi connectivity index (χ4n) is 3.38. The van der Waals surface area contributed by atoms with Crippen molar-refractivity contribution in [3.8, 4) is 0 Å². The second-order valence-electron chi connectivity index (χ2n) is 6.81. The van der Waals surface area contributed by atoms with E-state index in [0.717, 1.165) is 32.6 Å². The first kappa shape index (κ1) is 16.7. The Morgan fingerprint density at radius 3 is 2.24 bits per heavy atom. The van der Waals surface area contributed by atoms with E-state index >= 15 is 0 Å². The van der Waals surface area contributed by atoms with Gasteiger partial charge in [-0.15, -0.1) is 0 Å². The molecule has 0 radical (unpaired) electrons. The minimum atomic E-state index is -0.329. The van der Waals surface area contributed by atoms with Crippen LogP contribution in [0.4, 0.5) is 0 Å². The summed E-state index contributed by atoms with van der Waals surface area (Å²) in [4.78, 5) is 19.4. The van der Waals surface area contributed by atoms with Gasteiger partial charge in [-0.1, -0.05) is 20.3 Å². The van der Waals surface area contributed by atoms with Gasteiger partial charge in [-0.05, 0) is 38.9 Å². The predicted octanol–water partition coefficient (Wildman–Crippen LogP) is 0.598. The Kier molecular flexibility index (Phi) is 6.02. The highest BCUT2D eigenvalue weighted by Crippen LogP contribution is 2.18. The highest BCUT2D eigenvalue weighted by atomic mass is 16.2. The zero-order valence-corrected chi connectivity index (χ0v) is 13.9. The summed E-state index contributed by atoms with van der Waals surface area (Å²) in [6.45, 7) is 10.3. The number of piperazine rings is 1. The van der Waals surface area contributed by atoms with Crippen molar-refractivity contribution < 1.29 is 4.79 Å². The topological polar surface area (TPSA) is 52.8 Å². The molecule has 2 atom stereocenters. The number of carbonyl (C=O) groups excluding carboxylic acids is 1. The number of rotatable bonds is 4. The molecule has 0 aromatic heterocycles. The van der Waals surface area contributed by atoms with Crippen molar-refractivity contribution in [2.24, 2.45) is 11.7 Å². The van der Waals surface area contributed by atoms with Crippen LogP contribution in [0.1, 0.15) is 33.1 Å². The molecular formula is C16H32N4O. The van der Waals surface area contributed by atoms with Gasteiger partial charge in [-0.2, -0.15) is 0 Å². The Labute approximate surface area is 129 Å². The Hall–Kier alpha value is -0.650. The summed E-state index contributed by atoms with van der Waals surface area (Å²) >= 11 is 0. The first-order valence-corrected chi connectivity index (χ1v) is 8.50. The quantitative estimate of drug-likeness (QED) is 0.825. The van der Waals surface area contributed by atoms with Gasteiger partial charge in [0.15, 0.2) is 0 Å². The highest BCUT2D eigenvalue weighted by Gasteiger charge is 2.30. The van der Waals surface area contributed by atoms with Crippen LogP contribution in [-0.2, 0) is 4.79 Å². The van der Waals surface area contributed by atoms with Crippen molar-refractivity contribution in [3.05, 3.63) is 0 Å². The van der Waals surface area contributed by atoms with Crippen LogP contribution in [0.5, 0.6) is 0 Å². The molecule has 5 nitrogen and oxygen atoms in total. The molecule has 0 aromatic rings. The highest BCUT2D eigenvalue weighted by molar-refractivity contribution is 5.82. The smallest absolute Gasteiger partial charge is 0.239 e. The van der Waals surface area contributed by atoms with Gasteiger partial charge < -0.3 is 15.5 Å². The van der Waals surface area contributed by atoms with Crippen molar-refractivity contribution in [3.63, 3.8) is 0 Å². The van der Waals surface area contributed by atoms with E-state index in [-0.39, 0.29) is 17.9 Å². The van der Waals surface area contributed by atoms with Crippen molar-refractivity contribution in [1.82, 2.24) is 14.7 Å². The molecule has 21 heavy (non-hydrogen) atoms. The lowest BCUT2D eigenvalue weighted by molar-refractivity contribution is -0.136. The molecule has 0 bridgehead atoms. The number of carbonyl (C=O) groups is 1. The summed E-state index contributed by atoms with van der Waals surface area (Å²) in [5.74, 6) is 0.414. The van der Waals surface area contributed by atoms with Crippen LogP contribution in [0.15, 0.2) is 0 Å². The van der Waals surface area contributed by atoms with E-state index < -0.39 is 0 Å². The van der Waals surface area contributed by atoms with Gasteiger partial charge in [0, 0.05) is 32.2 Å². The van der Waals surface area contributed by atoms with Crippen molar-refractivity contribution in [2.75, 3.05) is 46.3 Å². The molecular weight excluding hydrogens is 264 g/mol. The second-order valence-corrected chi connectivity index (χ2v) is 6.81. The summed E-state index contributed by atoms with van der Waals surface area (Å²) in [5, 5.41) is 0. The molecule has 2 heterocycles. The van der Waals surface area contributed by atoms with Crippen molar-refractivity contribution in [1.29, 1.82) is 0 Å². The average Bonchev–Trinajstić information content (AvgIpc) is 2.53. The largest absolute Gasteiger partial charge is 0.339 e. The maximum absolute atomic E-state index is 12.4. The molecule has 2 aliphatic rings. The molecule has 5 heteroatoms. The van der Waals surface area contributed by atoms with Crippen LogP contribution in [-0.4, -0.2) is 79.0 Å². The molecule has 0 aliphatic carbocycles. The average molecular weight is 296 g/mol. The van der Waals surface area contributed by atoms with Gasteiger partial charge in [-0.25, -0.2) is 0 Å². The third-order valence-electron chi connectivity index (χ3n) is 5.37. The molecule has 122 valence electrons. The molecule has 1 amide bonds. The molecule has 2 saturated heterocycles. The van der Waals surface area contributed by atoms with E-state index in [0.29, 0.717) is 6.04 Å². The van der Waals surface area contributed by atoms with Gasteiger partial charge in [0.05, 0.1) is 6.04 Å². The zero-order valence-electron chi connectivity index (χ0n) is 13.9. The summed E-state index contributed by atoms with van der Waals surface area (Å²) in [6, 6.07) is 0.381. The lowest BCUT2D eigenvalue weighted by atomic mass is 9.98. The monoisotopic (exact) mass is 296 g/mol. The van der Waals surface area contributed by atoms with Crippen molar-refractivity contribution in [2.45, 2.75) is 45.2 Å². The number of hydrogen-bond donors (Lipinski definition) is 1. The summed E-state index contributed by atoms with van der Waals surface area (Å²) in [6.07, 6.45) is 3.48. The fraction of sp³-hybridized carbons (Fsp3) is 0.938. The van der Waals surface area contributed by atoms with Crippen LogP contribution in [0.25, 0.3) is 0 Å². The summed E-state index contributed by atoms with van der Waals surface area (Å²) in [5.41, 5.74) is 6.08. The summed E-state index contributed by atoms with van der Waals surface area (Å²) < 4.78 is 0. The third kappa shape index (κ3) is 4.18. The lowest BCUT2D eigenvalue weighted by Gasteiger charge is -2.42. The number of piperidine rings is 1. The Balaban J connectivity index is 1.79. The van der Waals surface area contributed by atoms with E-state index in [1.807, 2.05) is 4.90 Å². The zero-order chi connectivity index (χ0) is 15.4. The Morgan fingerprint density at radius 2 is 1.71 bits per heavy atom. The van der Waals surface area contributed by atoms with E-state index in [1.54, 1.807) is 0 Å². The molecule has 2 rings (SSSR count). The van der Waals surface area contributed by atoms with Crippen LogP contribution < -0.4 is 5.73 Å². The Morgan fingerprint density at radius 1 is 1.14 bits per heavy atom. The van der Waals surface area contributed by atoms with E-state index in [9.17, 15) is 4.79 Å². The first-order chi connectivity index (χ1) is 10.0. The second kappa shape index (κ2) is 7.56. The predicted molar refractivity (Wildman–Crippen MR) is 86.1 cm³/mol. The molecule has 0 aromatic carbocycles. The number of nitrogens with zero attached hydrogens (tertiary/aromatic N) is 3. The summed E-state index contributed by atoms with van der Waals surface area (Å²) in [7, 11) is 2.20. The van der Waals surface area contributed by atoms with Crippen LogP contribution >= 0.6 is 0 Å². The standard InChI is InChI=1S/C16H32N4O/c1-4-13(2)15(17)16(21)20-11-9-19(10-12-20)14-5-7-18(3)8-6-14/h13-15H,4-12,17H2,1-3H3/t13-,15+/m1/s1. The van der Waals surface area contributed by atoms with Crippen LogP contribution in [0.2, 0.25) is 0 Å². The van der Waals surface area contributed by atoms with Crippen molar-refractivity contribution >= 4 is 5.91 Å². The van der Waals surface area contributed by atoms with Gasteiger partial charge in [0.1, 0.15) is 0 Å². The minimum Gasteiger partial charge on any atom is -0.339 e. The minimum absolute atomic E-state index is 0.146. The maximum Gasteiger partial charge on any atom is 0.239 e. The van der Waals surface area contributed by atoms with E-state index in [4.69, 9.17) is 5.73 Å². The molecule has 0 unspecified atom stereocenters. The van der Waals surface area contributed by atoms with Crippen LogP contribution in [0, 0.1) is 5.92 Å². The Bertz CT molecular complexity index is 333. The molecule has 2 fully saturated rings. The lowest BCUT2D eigenvalue weighted by Crippen LogP contribution is -2.57. The van der Waals surface area contributed by atoms with Gasteiger partial charge in [0.25, 0.3) is 0 Å². The maximum atomic E-state index is 12.4. The molecule has 2 N–H and O–H groups in total.